The van der Waals surface area contributed by atoms with Gasteiger partial charge in [-0.05, 0) is 42.0 Å². The molecule has 0 aromatic heterocycles. The highest BCUT2D eigenvalue weighted by atomic mass is 32.2. The molecule has 0 amide bonds. The van der Waals surface area contributed by atoms with Crippen molar-refractivity contribution in [3.63, 3.8) is 0 Å². The predicted octanol–water partition coefficient (Wildman–Crippen LogP) is 2.28. The van der Waals surface area contributed by atoms with Crippen LogP contribution in [0.4, 0.5) is 14.5 Å². The zero-order valence-electron chi connectivity index (χ0n) is 11.1. The highest BCUT2D eigenvalue weighted by Crippen LogP contribution is 2.24. The molecule has 4 nitrogen and oxygen atoms in total. The smallest absolute Gasteiger partial charge is 0.266 e. The third-order valence-corrected chi connectivity index (χ3v) is 4.83. The number of hydrogen-bond acceptors (Lipinski definition) is 3. The van der Waals surface area contributed by atoms with E-state index in [9.17, 15) is 17.2 Å². The number of halogens is 2. The molecule has 2 rings (SSSR count). The van der Waals surface area contributed by atoms with Crippen molar-refractivity contribution in [3.05, 3.63) is 59.7 Å². The minimum Gasteiger partial charge on any atom is -0.392 e. The summed E-state index contributed by atoms with van der Waals surface area (Å²) in [7, 11) is -2.85. The van der Waals surface area contributed by atoms with Crippen molar-refractivity contribution in [2.75, 3.05) is 11.4 Å². The Kier molecular flexibility index (Phi) is 4.24. The number of aliphatic hydroxyl groups is 1. The fourth-order valence-corrected chi connectivity index (χ4v) is 3.03. The minimum atomic E-state index is -4.11. The van der Waals surface area contributed by atoms with E-state index >= 15 is 0 Å². The van der Waals surface area contributed by atoms with Crippen LogP contribution in [0.2, 0.25) is 0 Å². The van der Waals surface area contributed by atoms with E-state index in [0.29, 0.717) is 0 Å². The van der Waals surface area contributed by atoms with Crippen LogP contribution in [0.25, 0.3) is 0 Å². The van der Waals surface area contributed by atoms with Gasteiger partial charge >= 0.3 is 0 Å². The van der Waals surface area contributed by atoms with Gasteiger partial charge in [0.25, 0.3) is 10.0 Å². The fraction of sp³-hybridized carbons (Fsp3) is 0.143. The maximum absolute atomic E-state index is 13.9. The number of rotatable bonds is 4. The van der Waals surface area contributed by atoms with Gasteiger partial charge in [-0.1, -0.05) is 6.07 Å². The Hall–Kier alpha value is -1.99. The first-order chi connectivity index (χ1) is 9.86. The molecule has 2 aromatic carbocycles. The average Bonchev–Trinajstić information content (AvgIpc) is 2.46. The normalized spacial score (nSPS) is 11.4. The minimum absolute atomic E-state index is 0.210. The van der Waals surface area contributed by atoms with Crippen LogP contribution in [0.5, 0.6) is 0 Å². The van der Waals surface area contributed by atoms with Crippen LogP contribution in [-0.2, 0) is 16.6 Å². The maximum atomic E-state index is 13.9. The molecule has 0 aliphatic rings. The second-order valence-corrected chi connectivity index (χ2v) is 6.31. The molecule has 7 heteroatoms. The van der Waals surface area contributed by atoms with Gasteiger partial charge in [0.15, 0.2) is 0 Å². The largest absolute Gasteiger partial charge is 0.392 e. The van der Waals surface area contributed by atoms with Crippen molar-refractivity contribution in [1.82, 2.24) is 0 Å². The van der Waals surface area contributed by atoms with E-state index in [1.165, 1.54) is 25.2 Å². The zero-order valence-corrected chi connectivity index (χ0v) is 11.9. The second-order valence-electron chi connectivity index (χ2n) is 4.37. The molecule has 0 saturated heterocycles. The first kappa shape index (κ1) is 15.4. The first-order valence-corrected chi connectivity index (χ1v) is 7.44. The van der Waals surface area contributed by atoms with Crippen molar-refractivity contribution in [1.29, 1.82) is 0 Å². The van der Waals surface area contributed by atoms with Gasteiger partial charge < -0.3 is 5.11 Å². The summed E-state index contributed by atoms with van der Waals surface area (Å²) in [6, 6.07) is 8.19. The van der Waals surface area contributed by atoms with Gasteiger partial charge in [-0.2, -0.15) is 0 Å². The van der Waals surface area contributed by atoms with Gasteiger partial charge in [-0.15, -0.1) is 0 Å². The lowest BCUT2D eigenvalue weighted by Gasteiger charge is -2.20. The SMILES string of the molecule is CN(c1ccc(F)cc1)S(=O)(=O)c1ccc(CO)cc1F. The zero-order chi connectivity index (χ0) is 15.6. The van der Waals surface area contributed by atoms with Crippen LogP contribution in [0, 0.1) is 11.6 Å². The molecule has 0 spiro atoms. The van der Waals surface area contributed by atoms with Crippen LogP contribution >= 0.6 is 0 Å². The van der Waals surface area contributed by atoms with Gasteiger partial charge in [0.05, 0.1) is 12.3 Å². The van der Waals surface area contributed by atoms with Crippen molar-refractivity contribution in [2.45, 2.75) is 11.5 Å². The van der Waals surface area contributed by atoms with Crippen LogP contribution < -0.4 is 4.31 Å². The first-order valence-electron chi connectivity index (χ1n) is 6.00. The average molecular weight is 313 g/mol. The van der Waals surface area contributed by atoms with Crippen LogP contribution in [-0.4, -0.2) is 20.6 Å². The lowest BCUT2D eigenvalue weighted by Crippen LogP contribution is -2.27. The molecular formula is C14H13F2NO3S. The summed E-state index contributed by atoms with van der Waals surface area (Å²) in [5, 5.41) is 8.91. The Morgan fingerprint density at radius 1 is 1.10 bits per heavy atom. The van der Waals surface area contributed by atoms with Crippen molar-refractivity contribution in [3.8, 4) is 0 Å². The maximum Gasteiger partial charge on any atom is 0.266 e. The molecule has 21 heavy (non-hydrogen) atoms. The number of nitrogens with zero attached hydrogens (tertiary/aromatic N) is 1. The number of aliphatic hydroxyl groups excluding tert-OH is 1. The van der Waals surface area contributed by atoms with Crippen LogP contribution in [0.3, 0.4) is 0 Å². The molecule has 0 aliphatic heterocycles. The lowest BCUT2D eigenvalue weighted by molar-refractivity contribution is 0.281. The fourth-order valence-electron chi connectivity index (χ4n) is 1.79. The Labute approximate surface area is 121 Å². The quantitative estimate of drug-likeness (QED) is 0.942. The number of benzene rings is 2. The van der Waals surface area contributed by atoms with Crippen LogP contribution in [0.1, 0.15) is 5.56 Å². The summed E-state index contributed by atoms with van der Waals surface area (Å²) in [6.07, 6.45) is 0. The van der Waals surface area contributed by atoms with Crippen LogP contribution in [0.15, 0.2) is 47.4 Å². The molecule has 0 radical (unpaired) electrons. The molecule has 0 aliphatic carbocycles. The van der Waals surface area contributed by atoms with Gasteiger partial charge in [0, 0.05) is 7.05 Å². The summed E-state index contributed by atoms with van der Waals surface area (Å²) in [5.41, 5.74) is 0.484. The van der Waals surface area contributed by atoms with E-state index in [2.05, 4.69) is 0 Å². The molecule has 0 bridgehead atoms. The Bertz CT molecular complexity index is 745. The molecular weight excluding hydrogens is 300 g/mol. The molecule has 1 N–H and O–H groups in total. The van der Waals surface area contributed by atoms with Gasteiger partial charge in [-0.25, -0.2) is 17.2 Å². The van der Waals surface area contributed by atoms with Gasteiger partial charge in [-0.3, -0.25) is 4.31 Å². The molecule has 0 atom stereocenters. The molecule has 0 saturated carbocycles. The molecule has 2 aromatic rings. The topological polar surface area (TPSA) is 57.6 Å². The third-order valence-electron chi connectivity index (χ3n) is 3.01. The van der Waals surface area contributed by atoms with E-state index in [4.69, 9.17) is 5.11 Å². The monoisotopic (exact) mass is 313 g/mol. The standard InChI is InChI=1S/C14H13F2NO3S/c1-17(12-5-3-11(15)4-6-12)21(19,20)14-7-2-10(9-18)8-13(14)16/h2-8,18H,9H2,1H3. The van der Waals surface area contributed by atoms with Gasteiger partial charge in [0.2, 0.25) is 0 Å². The summed E-state index contributed by atoms with van der Waals surface area (Å²) in [4.78, 5) is -0.508. The Balaban J connectivity index is 2.44. The molecule has 0 unspecified atom stereocenters. The van der Waals surface area contributed by atoms with E-state index in [1.54, 1.807) is 0 Å². The summed E-state index contributed by atoms with van der Waals surface area (Å²) in [6.45, 7) is -0.384. The van der Waals surface area contributed by atoms with E-state index in [-0.39, 0.29) is 17.9 Å². The number of anilines is 1. The Morgan fingerprint density at radius 2 is 1.71 bits per heavy atom. The predicted molar refractivity (Wildman–Crippen MR) is 74.3 cm³/mol. The summed E-state index contributed by atoms with van der Waals surface area (Å²) < 4.78 is 52.4. The summed E-state index contributed by atoms with van der Waals surface area (Å²) in [5.74, 6) is -1.45. The summed E-state index contributed by atoms with van der Waals surface area (Å²) >= 11 is 0. The lowest BCUT2D eigenvalue weighted by atomic mass is 10.2. The van der Waals surface area contributed by atoms with Crippen molar-refractivity contribution >= 4 is 15.7 Å². The molecule has 112 valence electrons. The third kappa shape index (κ3) is 3.03. The highest BCUT2D eigenvalue weighted by molar-refractivity contribution is 7.92. The molecule has 0 fully saturated rings. The molecule has 0 heterocycles. The van der Waals surface area contributed by atoms with E-state index in [0.717, 1.165) is 28.6 Å². The van der Waals surface area contributed by atoms with Crippen molar-refractivity contribution < 1.29 is 22.3 Å². The van der Waals surface area contributed by atoms with Gasteiger partial charge in [0.1, 0.15) is 16.5 Å². The Morgan fingerprint density at radius 3 is 2.24 bits per heavy atom. The van der Waals surface area contributed by atoms with Crippen molar-refractivity contribution in [2.24, 2.45) is 0 Å². The number of hydrogen-bond donors (Lipinski definition) is 1. The number of sulfonamides is 1. The highest BCUT2D eigenvalue weighted by Gasteiger charge is 2.25. The second kappa shape index (κ2) is 5.79. The van der Waals surface area contributed by atoms with E-state index < -0.39 is 26.6 Å². The van der Waals surface area contributed by atoms with E-state index in [1.807, 2.05) is 0 Å².